The summed E-state index contributed by atoms with van der Waals surface area (Å²) in [5.41, 5.74) is 7.85. The molecule has 1 aromatic rings. The van der Waals surface area contributed by atoms with E-state index in [0.29, 0.717) is 11.1 Å². The number of nitrogen functional groups attached to an aromatic ring is 1. The Morgan fingerprint density at radius 1 is 1.50 bits per heavy atom. The third-order valence-electron chi connectivity index (χ3n) is 4.12. The quantitative estimate of drug-likeness (QED) is 0.700. The normalized spacial score (nSPS) is 16.9. The number of hydrogen-bond acceptors (Lipinski definition) is 3. The lowest BCUT2D eigenvalue weighted by Gasteiger charge is -2.41. The summed E-state index contributed by atoms with van der Waals surface area (Å²) in [6.45, 7) is 3.08. The van der Waals surface area contributed by atoms with Gasteiger partial charge in [-0.2, -0.15) is 0 Å². The number of carboxylic acid groups (broad SMARTS) is 1. The number of carbonyl (C=O) groups is 1. The zero-order chi connectivity index (χ0) is 13.2. The van der Waals surface area contributed by atoms with Gasteiger partial charge in [0.25, 0.3) is 0 Å². The van der Waals surface area contributed by atoms with E-state index in [0.717, 1.165) is 18.7 Å². The van der Waals surface area contributed by atoms with Gasteiger partial charge in [-0.05, 0) is 42.9 Å². The average Bonchev–Trinajstić information content (AvgIpc) is 2.30. The van der Waals surface area contributed by atoms with Gasteiger partial charge < -0.3 is 16.2 Å². The lowest BCUT2D eigenvalue weighted by molar-refractivity contribution is 0.0697. The largest absolute Gasteiger partial charge is 0.478 e. The van der Waals surface area contributed by atoms with E-state index in [1.807, 2.05) is 0 Å². The van der Waals surface area contributed by atoms with Gasteiger partial charge in [0, 0.05) is 6.54 Å². The summed E-state index contributed by atoms with van der Waals surface area (Å²) in [6.07, 6.45) is 4.93. The molecule has 0 aromatic heterocycles. The molecule has 0 heterocycles. The first kappa shape index (κ1) is 12.7. The molecule has 1 aromatic carbocycles. The second kappa shape index (κ2) is 4.88. The van der Waals surface area contributed by atoms with Crippen molar-refractivity contribution >= 4 is 17.3 Å². The van der Waals surface area contributed by atoms with Crippen molar-refractivity contribution in [3.63, 3.8) is 0 Å². The van der Waals surface area contributed by atoms with E-state index >= 15 is 0 Å². The highest BCUT2D eigenvalue weighted by atomic mass is 16.4. The number of aromatic carboxylic acids is 1. The number of anilines is 2. The number of benzene rings is 1. The van der Waals surface area contributed by atoms with Gasteiger partial charge in [-0.15, -0.1) is 0 Å². The van der Waals surface area contributed by atoms with Crippen LogP contribution >= 0.6 is 0 Å². The van der Waals surface area contributed by atoms with Gasteiger partial charge in [-0.1, -0.05) is 13.3 Å². The summed E-state index contributed by atoms with van der Waals surface area (Å²) >= 11 is 0. The smallest absolute Gasteiger partial charge is 0.335 e. The molecule has 0 aliphatic heterocycles. The van der Waals surface area contributed by atoms with Gasteiger partial charge in [0.05, 0.1) is 16.9 Å². The van der Waals surface area contributed by atoms with Crippen molar-refractivity contribution < 1.29 is 9.90 Å². The van der Waals surface area contributed by atoms with Crippen LogP contribution in [0.5, 0.6) is 0 Å². The first-order valence-corrected chi connectivity index (χ1v) is 6.43. The van der Waals surface area contributed by atoms with Crippen LogP contribution in [0.3, 0.4) is 0 Å². The van der Waals surface area contributed by atoms with E-state index in [1.54, 1.807) is 12.1 Å². The SMILES string of the molecule is CCC1(CNc2cc(C(=O)O)ccc2N)CCC1. The maximum Gasteiger partial charge on any atom is 0.335 e. The molecule has 1 aliphatic rings. The molecule has 4 nitrogen and oxygen atoms in total. The topological polar surface area (TPSA) is 75.3 Å². The Kier molecular flexibility index (Phi) is 3.45. The van der Waals surface area contributed by atoms with Crippen LogP contribution in [-0.2, 0) is 0 Å². The van der Waals surface area contributed by atoms with Crippen molar-refractivity contribution in [1.82, 2.24) is 0 Å². The standard InChI is InChI=1S/C14H20N2O2/c1-2-14(6-3-7-14)9-16-12-8-10(13(17)18)4-5-11(12)15/h4-5,8,16H,2-3,6-7,9,15H2,1H3,(H,17,18). The zero-order valence-electron chi connectivity index (χ0n) is 10.7. The first-order chi connectivity index (χ1) is 8.56. The Balaban J connectivity index is 2.08. The highest BCUT2D eigenvalue weighted by Gasteiger charge is 2.34. The second-order valence-corrected chi connectivity index (χ2v) is 5.17. The predicted molar refractivity (Wildman–Crippen MR) is 72.9 cm³/mol. The van der Waals surface area contributed by atoms with Gasteiger partial charge in [-0.3, -0.25) is 0 Å². The molecule has 0 unspecified atom stereocenters. The predicted octanol–water partition coefficient (Wildman–Crippen LogP) is 2.96. The van der Waals surface area contributed by atoms with Crippen molar-refractivity contribution in [2.45, 2.75) is 32.6 Å². The van der Waals surface area contributed by atoms with Gasteiger partial charge in [0.1, 0.15) is 0 Å². The molecule has 18 heavy (non-hydrogen) atoms. The number of nitrogens with one attached hydrogen (secondary N) is 1. The molecule has 1 fully saturated rings. The Hall–Kier alpha value is -1.71. The van der Waals surface area contributed by atoms with Crippen molar-refractivity contribution in [2.24, 2.45) is 5.41 Å². The maximum atomic E-state index is 10.9. The molecule has 98 valence electrons. The molecule has 0 atom stereocenters. The van der Waals surface area contributed by atoms with Crippen LogP contribution in [0.2, 0.25) is 0 Å². The Morgan fingerprint density at radius 3 is 2.72 bits per heavy atom. The van der Waals surface area contributed by atoms with Gasteiger partial charge in [0.15, 0.2) is 0 Å². The summed E-state index contributed by atoms with van der Waals surface area (Å²) in [4.78, 5) is 10.9. The number of carboxylic acids is 1. The van der Waals surface area contributed by atoms with Crippen LogP contribution in [0.25, 0.3) is 0 Å². The zero-order valence-corrected chi connectivity index (χ0v) is 10.7. The fourth-order valence-electron chi connectivity index (χ4n) is 2.46. The molecule has 0 spiro atoms. The lowest BCUT2D eigenvalue weighted by Crippen LogP contribution is -2.36. The van der Waals surface area contributed by atoms with Gasteiger partial charge in [0.2, 0.25) is 0 Å². The summed E-state index contributed by atoms with van der Waals surface area (Å²) in [6, 6.07) is 4.78. The number of rotatable bonds is 5. The van der Waals surface area contributed by atoms with Crippen molar-refractivity contribution in [1.29, 1.82) is 0 Å². The summed E-state index contributed by atoms with van der Waals surface area (Å²) in [5, 5.41) is 12.3. The van der Waals surface area contributed by atoms with Crippen molar-refractivity contribution in [3.05, 3.63) is 23.8 Å². The second-order valence-electron chi connectivity index (χ2n) is 5.17. The molecule has 0 saturated heterocycles. The summed E-state index contributed by atoms with van der Waals surface area (Å²) in [7, 11) is 0. The summed E-state index contributed by atoms with van der Waals surface area (Å²) < 4.78 is 0. The minimum atomic E-state index is -0.924. The van der Waals surface area contributed by atoms with Crippen LogP contribution in [0.1, 0.15) is 43.0 Å². The fraction of sp³-hybridized carbons (Fsp3) is 0.500. The Labute approximate surface area is 107 Å². The molecule has 4 N–H and O–H groups in total. The molecular weight excluding hydrogens is 228 g/mol. The number of hydrogen-bond donors (Lipinski definition) is 3. The maximum absolute atomic E-state index is 10.9. The van der Waals surface area contributed by atoms with Crippen LogP contribution < -0.4 is 11.1 Å². The minimum absolute atomic E-state index is 0.269. The van der Waals surface area contributed by atoms with Crippen LogP contribution in [0, 0.1) is 5.41 Å². The van der Waals surface area contributed by atoms with Crippen LogP contribution in [0.15, 0.2) is 18.2 Å². The summed E-state index contributed by atoms with van der Waals surface area (Å²) in [5.74, 6) is -0.924. The van der Waals surface area contributed by atoms with Crippen molar-refractivity contribution in [2.75, 3.05) is 17.6 Å². The molecule has 4 heteroatoms. The van der Waals surface area contributed by atoms with Gasteiger partial charge >= 0.3 is 5.97 Å². The van der Waals surface area contributed by atoms with Crippen LogP contribution in [0.4, 0.5) is 11.4 Å². The molecule has 2 rings (SSSR count). The van der Waals surface area contributed by atoms with E-state index < -0.39 is 5.97 Å². The lowest BCUT2D eigenvalue weighted by atomic mass is 9.67. The highest BCUT2D eigenvalue weighted by molar-refractivity contribution is 5.90. The van der Waals surface area contributed by atoms with Crippen LogP contribution in [-0.4, -0.2) is 17.6 Å². The third kappa shape index (κ3) is 2.42. The van der Waals surface area contributed by atoms with Gasteiger partial charge in [-0.25, -0.2) is 4.79 Å². The Bertz CT molecular complexity index is 448. The fourth-order valence-corrected chi connectivity index (χ4v) is 2.46. The Morgan fingerprint density at radius 2 is 2.22 bits per heavy atom. The molecule has 0 bridgehead atoms. The third-order valence-corrected chi connectivity index (χ3v) is 4.12. The highest BCUT2D eigenvalue weighted by Crippen LogP contribution is 2.43. The van der Waals surface area contributed by atoms with E-state index in [1.165, 1.54) is 25.3 Å². The monoisotopic (exact) mass is 248 g/mol. The first-order valence-electron chi connectivity index (χ1n) is 6.43. The number of nitrogens with two attached hydrogens (primary N) is 1. The average molecular weight is 248 g/mol. The van der Waals surface area contributed by atoms with E-state index in [2.05, 4.69) is 12.2 Å². The molecular formula is C14H20N2O2. The van der Waals surface area contributed by atoms with E-state index in [-0.39, 0.29) is 5.56 Å². The molecule has 0 radical (unpaired) electrons. The van der Waals surface area contributed by atoms with Crippen molar-refractivity contribution in [3.8, 4) is 0 Å². The molecule has 1 saturated carbocycles. The molecule has 1 aliphatic carbocycles. The molecule has 0 amide bonds. The van der Waals surface area contributed by atoms with E-state index in [4.69, 9.17) is 10.8 Å². The van der Waals surface area contributed by atoms with E-state index in [9.17, 15) is 4.79 Å². The minimum Gasteiger partial charge on any atom is -0.478 e.